The van der Waals surface area contributed by atoms with Crippen molar-refractivity contribution in [3.63, 3.8) is 0 Å². The molecule has 5 nitrogen and oxygen atoms in total. The monoisotopic (exact) mass is 329 g/mol. The van der Waals surface area contributed by atoms with Crippen LogP contribution in [0.2, 0.25) is 5.02 Å². The zero-order chi connectivity index (χ0) is 15.2. The summed E-state index contributed by atoms with van der Waals surface area (Å²) in [4.78, 5) is 11.7. The Kier molecular flexibility index (Phi) is 5.46. The molecule has 21 heavy (non-hydrogen) atoms. The van der Waals surface area contributed by atoms with Crippen LogP contribution in [0.15, 0.2) is 30.5 Å². The molecule has 0 spiro atoms. The molecular weight excluding hydrogens is 317 g/mol. The number of carbonyl (C=O) groups is 1. The fourth-order valence-corrected chi connectivity index (χ4v) is 1.80. The Bertz CT molecular complexity index is 636. The van der Waals surface area contributed by atoms with E-state index in [0.717, 1.165) is 0 Å². The van der Waals surface area contributed by atoms with Gasteiger partial charge in [-0.05, 0) is 18.2 Å². The van der Waals surface area contributed by atoms with Gasteiger partial charge < -0.3 is 10.1 Å². The Balaban J connectivity index is 1.93. The second-order valence-electron chi connectivity index (χ2n) is 4.07. The highest BCUT2D eigenvalue weighted by molar-refractivity contribution is 7.80. The van der Waals surface area contributed by atoms with Crippen LogP contribution in [-0.2, 0) is 6.73 Å². The average molecular weight is 330 g/mol. The molecule has 0 aliphatic carbocycles. The molecule has 0 radical (unpaired) electrons. The predicted molar refractivity (Wildman–Crippen MR) is 80.5 cm³/mol. The van der Waals surface area contributed by atoms with Crippen LogP contribution in [-0.4, -0.2) is 28.0 Å². The summed E-state index contributed by atoms with van der Waals surface area (Å²) < 4.78 is 19.9. The van der Waals surface area contributed by atoms with Gasteiger partial charge in [-0.25, -0.2) is 9.07 Å². The van der Waals surface area contributed by atoms with Crippen molar-refractivity contribution in [1.29, 1.82) is 0 Å². The lowest BCUT2D eigenvalue weighted by atomic mass is 10.3. The molecule has 0 saturated carbocycles. The minimum Gasteiger partial charge on any atom is -0.471 e. The van der Waals surface area contributed by atoms with Crippen molar-refractivity contribution in [2.75, 3.05) is 12.3 Å². The van der Waals surface area contributed by atoms with E-state index in [1.807, 2.05) is 0 Å². The van der Waals surface area contributed by atoms with Gasteiger partial charge in [0.1, 0.15) is 17.3 Å². The van der Waals surface area contributed by atoms with E-state index in [1.54, 1.807) is 12.3 Å². The SMILES string of the molecule is O=C(NCCS)c1ccn(COc2ccc(F)c(Cl)c2)n1. The van der Waals surface area contributed by atoms with E-state index in [0.29, 0.717) is 18.0 Å². The highest BCUT2D eigenvalue weighted by Gasteiger charge is 2.08. The molecule has 0 fully saturated rings. The number of nitrogens with one attached hydrogen (secondary N) is 1. The van der Waals surface area contributed by atoms with E-state index in [9.17, 15) is 9.18 Å². The van der Waals surface area contributed by atoms with Crippen molar-refractivity contribution < 1.29 is 13.9 Å². The first-order chi connectivity index (χ1) is 10.1. The van der Waals surface area contributed by atoms with Crippen molar-refractivity contribution in [2.45, 2.75) is 6.73 Å². The van der Waals surface area contributed by atoms with Crippen LogP contribution in [0.25, 0.3) is 0 Å². The third-order valence-electron chi connectivity index (χ3n) is 2.53. The number of ether oxygens (including phenoxy) is 1. The van der Waals surface area contributed by atoms with Crippen LogP contribution in [0.3, 0.4) is 0 Å². The summed E-state index contributed by atoms with van der Waals surface area (Å²) in [5.41, 5.74) is 0.289. The molecule has 0 aliphatic heterocycles. The largest absolute Gasteiger partial charge is 0.471 e. The molecule has 1 N–H and O–H groups in total. The van der Waals surface area contributed by atoms with Crippen molar-refractivity contribution in [2.24, 2.45) is 0 Å². The minimum atomic E-state index is -0.508. The van der Waals surface area contributed by atoms with Crippen molar-refractivity contribution in [1.82, 2.24) is 15.1 Å². The first kappa shape index (κ1) is 15.7. The van der Waals surface area contributed by atoms with Crippen molar-refractivity contribution in [3.8, 4) is 5.75 Å². The predicted octanol–water partition coefficient (Wildman–Crippen LogP) is 2.37. The summed E-state index contributed by atoms with van der Waals surface area (Å²) in [5.74, 6) is 0.192. The quantitative estimate of drug-likeness (QED) is 0.800. The molecular formula is C13H13ClFN3O2S. The molecule has 8 heteroatoms. The summed E-state index contributed by atoms with van der Waals surface area (Å²) in [6.07, 6.45) is 1.61. The maximum absolute atomic E-state index is 13.0. The number of carbonyl (C=O) groups excluding carboxylic acids is 1. The fraction of sp³-hybridized carbons (Fsp3) is 0.231. The van der Waals surface area contributed by atoms with Gasteiger partial charge >= 0.3 is 0 Å². The van der Waals surface area contributed by atoms with Gasteiger partial charge in [-0.1, -0.05) is 11.6 Å². The number of nitrogens with zero attached hydrogens (tertiary/aromatic N) is 2. The number of hydrogen-bond donors (Lipinski definition) is 2. The third-order valence-corrected chi connectivity index (χ3v) is 3.04. The van der Waals surface area contributed by atoms with Crippen LogP contribution in [0.1, 0.15) is 10.5 Å². The van der Waals surface area contributed by atoms with Crippen LogP contribution < -0.4 is 10.1 Å². The molecule has 0 saturated heterocycles. The van der Waals surface area contributed by atoms with Gasteiger partial charge in [0, 0.05) is 24.6 Å². The molecule has 112 valence electrons. The fourth-order valence-electron chi connectivity index (χ4n) is 1.52. The number of halogens is 2. The Morgan fingerprint density at radius 2 is 2.29 bits per heavy atom. The van der Waals surface area contributed by atoms with Gasteiger partial charge in [0.15, 0.2) is 6.73 Å². The first-order valence-electron chi connectivity index (χ1n) is 6.10. The molecule has 2 rings (SSSR count). The lowest BCUT2D eigenvalue weighted by molar-refractivity contribution is 0.0949. The molecule has 2 aromatic rings. The summed E-state index contributed by atoms with van der Waals surface area (Å²) in [6.45, 7) is 0.557. The van der Waals surface area contributed by atoms with E-state index in [-0.39, 0.29) is 23.4 Å². The number of rotatable bonds is 6. The van der Waals surface area contributed by atoms with Gasteiger partial charge in [-0.3, -0.25) is 4.79 Å². The molecule has 1 aromatic heterocycles. The molecule has 1 heterocycles. The Labute approximate surface area is 131 Å². The van der Waals surface area contributed by atoms with E-state index >= 15 is 0 Å². The maximum Gasteiger partial charge on any atom is 0.271 e. The van der Waals surface area contributed by atoms with Crippen LogP contribution >= 0.6 is 24.2 Å². The van der Waals surface area contributed by atoms with Gasteiger partial charge in [0.2, 0.25) is 0 Å². The summed E-state index contributed by atoms with van der Waals surface area (Å²) in [5, 5.41) is 6.71. The topological polar surface area (TPSA) is 56.2 Å². The molecule has 0 aliphatic rings. The van der Waals surface area contributed by atoms with Gasteiger partial charge in [0.25, 0.3) is 5.91 Å². The third kappa shape index (κ3) is 4.37. The van der Waals surface area contributed by atoms with Crippen LogP contribution in [0.4, 0.5) is 4.39 Å². The molecule has 0 unspecified atom stereocenters. The number of thiol groups is 1. The zero-order valence-corrected chi connectivity index (χ0v) is 12.6. The first-order valence-corrected chi connectivity index (χ1v) is 7.11. The molecule has 1 aromatic carbocycles. The zero-order valence-electron chi connectivity index (χ0n) is 10.9. The number of aromatic nitrogens is 2. The number of amides is 1. The van der Waals surface area contributed by atoms with Crippen molar-refractivity contribution >= 4 is 30.1 Å². The highest BCUT2D eigenvalue weighted by Crippen LogP contribution is 2.21. The van der Waals surface area contributed by atoms with Gasteiger partial charge in [-0.2, -0.15) is 17.7 Å². The highest BCUT2D eigenvalue weighted by atomic mass is 35.5. The second kappa shape index (κ2) is 7.33. The molecule has 0 bridgehead atoms. The average Bonchev–Trinajstić information content (AvgIpc) is 2.95. The number of hydrogen-bond acceptors (Lipinski definition) is 4. The summed E-state index contributed by atoms with van der Waals surface area (Å²) in [6, 6.07) is 5.64. The summed E-state index contributed by atoms with van der Waals surface area (Å²) >= 11 is 9.66. The standard InChI is InChI=1S/C13H13ClFN3O2S/c14-10-7-9(1-2-11(10)15)20-8-18-5-3-12(17-18)13(19)16-4-6-21/h1-3,5,7,21H,4,6,8H2,(H,16,19). The smallest absolute Gasteiger partial charge is 0.271 e. The van der Waals surface area contributed by atoms with E-state index in [2.05, 4.69) is 23.0 Å². The van der Waals surface area contributed by atoms with E-state index in [4.69, 9.17) is 16.3 Å². The Morgan fingerprint density at radius 3 is 3.00 bits per heavy atom. The van der Waals surface area contributed by atoms with E-state index < -0.39 is 5.82 Å². The van der Waals surface area contributed by atoms with Gasteiger partial charge in [0.05, 0.1) is 5.02 Å². The maximum atomic E-state index is 13.0. The lowest BCUT2D eigenvalue weighted by Gasteiger charge is -2.06. The van der Waals surface area contributed by atoms with Gasteiger partial charge in [-0.15, -0.1) is 0 Å². The second-order valence-corrected chi connectivity index (χ2v) is 4.92. The molecule has 0 atom stereocenters. The van der Waals surface area contributed by atoms with Crippen LogP contribution in [0.5, 0.6) is 5.75 Å². The summed E-state index contributed by atoms with van der Waals surface area (Å²) in [7, 11) is 0. The molecule has 1 amide bonds. The number of benzene rings is 1. The van der Waals surface area contributed by atoms with Crippen molar-refractivity contribution in [3.05, 3.63) is 47.0 Å². The Morgan fingerprint density at radius 1 is 1.48 bits per heavy atom. The normalized spacial score (nSPS) is 10.4. The van der Waals surface area contributed by atoms with Crippen LogP contribution in [0, 0.1) is 5.82 Å². The Hall–Kier alpha value is -1.73. The van der Waals surface area contributed by atoms with E-state index in [1.165, 1.54) is 22.9 Å². The lowest BCUT2D eigenvalue weighted by Crippen LogP contribution is -2.25. The minimum absolute atomic E-state index is 0.0141.